The van der Waals surface area contributed by atoms with Crippen LogP contribution in [0.5, 0.6) is 0 Å². The number of urea groups is 1. The van der Waals surface area contributed by atoms with Crippen molar-refractivity contribution >= 4 is 11.7 Å². The van der Waals surface area contributed by atoms with Gasteiger partial charge in [-0.25, -0.2) is 9.18 Å². The van der Waals surface area contributed by atoms with Gasteiger partial charge in [-0.05, 0) is 24.5 Å². The van der Waals surface area contributed by atoms with Crippen molar-refractivity contribution < 1.29 is 9.18 Å². The number of aromatic nitrogens is 1. The second-order valence-electron chi connectivity index (χ2n) is 4.33. The number of nitrogens with zero attached hydrogens (tertiary/aromatic N) is 1. The first-order valence-corrected chi connectivity index (χ1v) is 6.44. The molecule has 2 rings (SSSR count). The zero-order chi connectivity index (χ0) is 14.2. The van der Waals surface area contributed by atoms with Gasteiger partial charge < -0.3 is 10.6 Å². The monoisotopic (exact) mass is 273 g/mol. The molecular formula is C15H16FN3O. The molecule has 104 valence electrons. The Kier molecular flexibility index (Phi) is 5.06. The maximum Gasteiger partial charge on any atom is 0.319 e. The molecule has 2 amide bonds. The Hall–Kier alpha value is -2.43. The number of rotatable bonds is 5. The van der Waals surface area contributed by atoms with Crippen LogP contribution in [0.3, 0.4) is 0 Å². The third kappa shape index (κ3) is 4.35. The van der Waals surface area contributed by atoms with Gasteiger partial charge in [-0.3, -0.25) is 4.98 Å². The molecule has 0 aliphatic heterocycles. The minimum Gasteiger partial charge on any atom is -0.338 e. The first-order valence-electron chi connectivity index (χ1n) is 6.44. The van der Waals surface area contributed by atoms with E-state index in [0.717, 1.165) is 19.0 Å². The molecule has 2 aromatic rings. The van der Waals surface area contributed by atoms with Gasteiger partial charge in [-0.1, -0.05) is 30.3 Å². The van der Waals surface area contributed by atoms with Crippen LogP contribution in [0.4, 0.5) is 14.9 Å². The average molecular weight is 273 g/mol. The molecule has 1 aromatic heterocycles. The largest absolute Gasteiger partial charge is 0.338 e. The van der Waals surface area contributed by atoms with Gasteiger partial charge in [-0.15, -0.1) is 0 Å². The van der Waals surface area contributed by atoms with E-state index in [9.17, 15) is 9.18 Å². The number of halogens is 1. The normalized spacial score (nSPS) is 10.1. The predicted molar refractivity (Wildman–Crippen MR) is 76.0 cm³/mol. The van der Waals surface area contributed by atoms with E-state index in [1.807, 2.05) is 30.3 Å². The highest BCUT2D eigenvalue weighted by molar-refractivity contribution is 5.89. The van der Waals surface area contributed by atoms with Crippen molar-refractivity contribution in [1.29, 1.82) is 0 Å². The predicted octanol–water partition coefficient (Wildman–Crippen LogP) is 2.98. The summed E-state index contributed by atoms with van der Waals surface area (Å²) >= 11 is 0. The van der Waals surface area contributed by atoms with Crippen molar-refractivity contribution in [3.05, 3.63) is 60.2 Å². The van der Waals surface area contributed by atoms with Crippen molar-refractivity contribution in [2.75, 3.05) is 11.9 Å². The van der Waals surface area contributed by atoms with Crippen molar-refractivity contribution in [2.45, 2.75) is 12.8 Å². The zero-order valence-electron chi connectivity index (χ0n) is 11.0. The van der Waals surface area contributed by atoms with Crippen LogP contribution in [0.1, 0.15) is 12.0 Å². The molecule has 0 aliphatic rings. The van der Waals surface area contributed by atoms with Crippen LogP contribution in [-0.4, -0.2) is 17.6 Å². The third-order valence-corrected chi connectivity index (χ3v) is 2.79. The Balaban J connectivity index is 1.69. The summed E-state index contributed by atoms with van der Waals surface area (Å²) in [4.78, 5) is 15.2. The number of anilines is 1. The lowest BCUT2D eigenvalue weighted by Crippen LogP contribution is -2.30. The maximum absolute atomic E-state index is 13.3. The number of amides is 2. The summed E-state index contributed by atoms with van der Waals surface area (Å²) in [5.74, 6) is -0.549. The smallest absolute Gasteiger partial charge is 0.319 e. The van der Waals surface area contributed by atoms with Gasteiger partial charge in [0.1, 0.15) is 0 Å². The number of carbonyl (C=O) groups is 1. The Morgan fingerprint density at radius 3 is 2.75 bits per heavy atom. The topological polar surface area (TPSA) is 54.0 Å². The summed E-state index contributed by atoms with van der Waals surface area (Å²) in [5, 5.41) is 5.14. The minimum absolute atomic E-state index is 0.126. The molecule has 0 bridgehead atoms. The summed E-state index contributed by atoms with van der Waals surface area (Å²) in [7, 11) is 0. The molecule has 2 N–H and O–H groups in total. The number of hydrogen-bond acceptors (Lipinski definition) is 2. The van der Waals surface area contributed by atoms with Gasteiger partial charge in [-0.2, -0.15) is 0 Å². The number of benzene rings is 1. The van der Waals surface area contributed by atoms with Gasteiger partial charge in [0.05, 0.1) is 11.9 Å². The van der Waals surface area contributed by atoms with E-state index in [2.05, 4.69) is 15.6 Å². The molecule has 1 heterocycles. The van der Waals surface area contributed by atoms with Crippen LogP contribution < -0.4 is 10.6 Å². The summed E-state index contributed by atoms with van der Waals surface area (Å²) in [6.45, 7) is 0.535. The lowest BCUT2D eigenvalue weighted by molar-refractivity contribution is 0.252. The highest BCUT2D eigenvalue weighted by Crippen LogP contribution is 2.10. The molecule has 0 spiro atoms. The molecular weight excluding hydrogens is 257 g/mol. The molecule has 0 saturated carbocycles. The first kappa shape index (κ1) is 14.0. The minimum atomic E-state index is -0.549. The number of carbonyl (C=O) groups excluding carboxylic acids is 1. The van der Waals surface area contributed by atoms with Gasteiger partial charge in [0.15, 0.2) is 5.82 Å². The molecule has 20 heavy (non-hydrogen) atoms. The summed E-state index contributed by atoms with van der Waals surface area (Å²) in [6.07, 6.45) is 4.21. The van der Waals surface area contributed by atoms with Crippen LogP contribution >= 0.6 is 0 Å². The van der Waals surface area contributed by atoms with Crippen LogP contribution in [0.25, 0.3) is 0 Å². The number of aryl methyl sites for hydroxylation is 1. The molecule has 0 radical (unpaired) electrons. The lowest BCUT2D eigenvalue weighted by Gasteiger charge is -2.08. The lowest BCUT2D eigenvalue weighted by atomic mass is 10.1. The van der Waals surface area contributed by atoms with Crippen molar-refractivity contribution in [1.82, 2.24) is 10.3 Å². The Morgan fingerprint density at radius 2 is 2.00 bits per heavy atom. The molecule has 5 heteroatoms. The number of pyridine rings is 1. The van der Waals surface area contributed by atoms with E-state index in [4.69, 9.17) is 0 Å². The Morgan fingerprint density at radius 1 is 1.20 bits per heavy atom. The van der Waals surface area contributed by atoms with E-state index in [0.29, 0.717) is 6.54 Å². The fourth-order valence-electron chi connectivity index (χ4n) is 1.78. The molecule has 0 atom stereocenters. The standard InChI is InChI=1S/C15H16FN3O/c16-13-11-17-10-8-14(13)19-15(20)18-9-4-7-12-5-2-1-3-6-12/h1-3,5-6,8,10-11H,4,7,9H2,(H2,17,18,19,20). The molecule has 0 saturated heterocycles. The van der Waals surface area contributed by atoms with Crippen LogP contribution in [0, 0.1) is 5.82 Å². The Bertz CT molecular complexity index is 560. The molecule has 0 fully saturated rings. The summed E-state index contributed by atoms with van der Waals surface area (Å²) < 4.78 is 13.3. The average Bonchev–Trinajstić information content (AvgIpc) is 2.47. The van der Waals surface area contributed by atoms with Gasteiger partial charge in [0.25, 0.3) is 0 Å². The number of nitrogens with one attached hydrogen (secondary N) is 2. The van der Waals surface area contributed by atoms with E-state index in [1.165, 1.54) is 17.8 Å². The van der Waals surface area contributed by atoms with Gasteiger partial charge in [0, 0.05) is 12.7 Å². The van der Waals surface area contributed by atoms with E-state index in [-0.39, 0.29) is 5.69 Å². The van der Waals surface area contributed by atoms with E-state index >= 15 is 0 Å². The van der Waals surface area contributed by atoms with Crippen LogP contribution in [0.2, 0.25) is 0 Å². The zero-order valence-corrected chi connectivity index (χ0v) is 11.0. The van der Waals surface area contributed by atoms with E-state index in [1.54, 1.807) is 0 Å². The van der Waals surface area contributed by atoms with Crippen LogP contribution in [0.15, 0.2) is 48.8 Å². The fourth-order valence-corrected chi connectivity index (χ4v) is 1.78. The Labute approximate surface area is 117 Å². The van der Waals surface area contributed by atoms with Crippen molar-refractivity contribution in [3.8, 4) is 0 Å². The van der Waals surface area contributed by atoms with Crippen LogP contribution in [-0.2, 0) is 6.42 Å². The summed E-state index contributed by atoms with van der Waals surface area (Å²) in [5.41, 5.74) is 1.36. The summed E-state index contributed by atoms with van der Waals surface area (Å²) in [6, 6.07) is 11.0. The highest BCUT2D eigenvalue weighted by Gasteiger charge is 2.05. The van der Waals surface area contributed by atoms with Crippen molar-refractivity contribution in [3.63, 3.8) is 0 Å². The first-order chi connectivity index (χ1) is 9.75. The molecule has 0 aliphatic carbocycles. The maximum atomic E-state index is 13.3. The highest BCUT2D eigenvalue weighted by atomic mass is 19.1. The second-order valence-corrected chi connectivity index (χ2v) is 4.33. The fraction of sp³-hybridized carbons (Fsp3) is 0.200. The SMILES string of the molecule is O=C(NCCCc1ccccc1)Nc1ccncc1F. The number of hydrogen-bond donors (Lipinski definition) is 2. The van der Waals surface area contributed by atoms with E-state index < -0.39 is 11.8 Å². The molecule has 1 aromatic carbocycles. The quantitative estimate of drug-likeness (QED) is 0.823. The third-order valence-electron chi connectivity index (χ3n) is 2.79. The van der Waals surface area contributed by atoms with Crippen molar-refractivity contribution in [2.24, 2.45) is 0 Å². The molecule has 4 nitrogen and oxygen atoms in total. The van der Waals surface area contributed by atoms with Gasteiger partial charge in [0.2, 0.25) is 0 Å². The second kappa shape index (κ2) is 7.23. The van der Waals surface area contributed by atoms with Gasteiger partial charge >= 0.3 is 6.03 Å². The molecule has 0 unspecified atom stereocenters.